The Labute approximate surface area is 170 Å². The van der Waals surface area contributed by atoms with Crippen molar-refractivity contribution in [1.29, 1.82) is 0 Å². The minimum absolute atomic E-state index is 0.0874. The van der Waals surface area contributed by atoms with Gasteiger partial charge in [0.1, 0.15) is 0 Å². The highest BCUT2D eigenvalue weighted by atomic mass is 79.9. The summed E-state index contributed by atoms with van der Waals surface area (Å²) in [6.45, 7) is 1.99. The maximum absolute atomic E-state index is 12.6. The average Bonchev–Trinajstić information content (AvgIpc) is 3.06. The molecule has 0 spiro atoms. The van der Waals surface area contributed by atoms with Gasteiger partial charge >= 0.3 is 0 Å². The van der Waals surface area contributed by atoms with E-state index < -0.39 is 9.84 Å². The lowest BCUT2D eigenvalue weighted by atomic mass is 10.1. The highest BCUT2D eigenvalue weighted by Gasteiger charge is 2.49. The van der Waals surface area contributed by atoms with Crippen molar-refractivity contribution in [2.75, 3.05) is 16.4 Å². The van der Waals surface area contributed by atoms with E-state index in [0.29, 0.717) is 10.7 Å². The predicted molar refractivity (Wildman–Crippen MR) is 113 cm³/mol. The number of aliphatic imine (C=N–C) groups is 1. The molecule has 2 fully saturated rings. The molecule has 140 valence electrons. The maximum Gasteiger partial charge on any atom is 0.279 e. The van der Waals surface area contributed by atoms with Crippen molar-refractivity contribution in [3.8, 4) is 0 Å². The van der Waals surface area contributed by atoms with E-state index in [9.17, 15) is 13.2 Å². The number of sulfone groups is 1. The molecule has 2 saturated heterocycles. The molecule has 0 N–H and O–H groups in total. The van der Waals surface area contributed by atoms with Crippen LogP contribution >= 0.6 is 27.7 Å². The molecule has 1 amide bonds. The number of carbonyl (C=O) groups excluding carboxylic acids is 1. The Bertz CT molecular complexity index is 1040. The van der Waals surface area contributed by atoms with E-state index in [2.05, 4.69) is 20.9 Å². The number of benzene rings is 2. The molecule has 2 atom stereocenters. The number of amides is 1. The third-order valence-electron chi connectivity index (χ3n) is 4.63. The van der Waals surface area contributed by atoms with Crippen LogP contribution in [0.1, 0.15) is 15.9 Å². The van der Waals surface area contributed by atoms with Gasteiger partial charge in [-0.1, -0.05) is 39.8 Å². The molecule has 2 aliphatic rings. The number of hydrogen-bond acceptors (Lipinski definition) is 4. The largest absolute Gasteiger partial charge is 0.316 e. The van der Waals surface area contributed by atoms with Crippen molar-refractivity contribution in [3.63, 3.8) is 0 Å². The summed E-state index contributed by atoms with van der Waals surface area (Å²) in [6, 6.07) is 14.7. The van der Waals surface area contributed by atoms with Crippen LogP contribution in [0.5, 0.6) is 0 Å². The Morgan fingerprint density at radius 2 is 1.93 bits per heavy atom. The van der Waals surface area contributed by atoms with Gasteiger partial charge in [-0.05, 0) is 48.9 Å². The molecule has 0 radical (unpaired) electrons. The molecule has 2 heterocycles. The predicted octanol–water partition coefficient (Wildman–Crippen LogP) is 3.67. The summed E-state index contributed by atoms with van der Waals surface area (Å²) in [6.07, 6.45) is 0. The molecule has 0 saturated carbocycles. The molecule has 2 aliphatic heterocycles. The van der Waals surface area contributed by atoms with Gasteiger partial charge in [0, 0.05) is 21.0 Å². The standard InChI is InChI=1S/C19H17BrN2O3S2/c1-12-3-2-4-15(9-12)22-16-10-27(24,25)11-17(16)26-19(22)21-18(23)13-5-7-14(20)8-6-13/h2-9,16-17H,10-11H2,1H3/t16-,17+/m1/s1. The van der Waals surface area contributed by atoms with Gasteiger partial charge in [-0.15, -0.1) is 0 Å². The number of anilines is 1. The van der Waals surface area contributed by atoms with Gasteiger partial charge < -0.3 is 4.90 Å². The number of hydrogen-bond donors (Lipinski definition) is 0. The van der Waals surface area contributed by atoms with E-state index in [4.69, 9.17) is 0 Å². The van der Waals surface area contributed by atoms with Crippen molar-refractivity contribution in [2.24, 2.45) is 4.99 Å². The third kappa shape index (κ3) is 3.83. The van der Waals surface area contributed by atoms with Crippen LogP contribution in [0.25, 0.3) is 0 Å². The molecular weight excluding hydrogens is 448 g/mol. The molecule has 0 bridgehead atoms. The lowest BCUT2D eigenvalue weighted by molar-refractivity contribution is 0.100. The third-order valence-corrected chi connectivity index (χ3v) is 8.37. The first-order chi connectivity index (χ1) is 12.8. The lowest BCUT2D eigenvalue weighted by Gasteiger charge is -2.24. The van der Waals surface area contributed by atoms with Crippen molar-refractivity contribution in [3.05, 3.63) is 64.1 Å². The van der Waals surface area contributed by atoms with Gasteiger partial charge in [-0.25, -0.2) is 8.42 Å². The first-order valence-electron chi connectivity index (χ1n) is 8.44. The molecule has 5 nitrogen and oxygen atoms in total. The van der Waals surface area contributed by atoms with E-state index in [0.717, 1.165) is 15.7 Å². The highest BCUT2D eigenvalue weighted by molar-refractivity contribution is 9.10. The SMILES string of the molecule is Cc1cccc(N2C(=NC(=O)c3ccc(Br)cc3)S[C@H]3CS(=O)(=O)C[C@H]32)c1. The second kappa shape index (κ2) is 7.07. The summed E-state index contributed by atoms with van der Waals surface area (Å²) in [5.74, 6) is -0.120. The zero-order valence-electron chi connectivity index (χ0n) is 14.5. The Morgan fingerprint density at radius 1 is 1.19 bits per heavy atom. The summed E-state index contributed by atoms with van der Waals surface area (Å²) in [4.78, 5) is 18.9. The fourth-order valence-corrected chi connectivity index (χ4v) is 7.56. The van der Waals surface area contributed by atoms with Crippen LogP contribution in [0.4, 0.5) is 5.69 Å². The number of thioether (sulfide) groups is 1. The lowest BCUT2D eigenvalue weighted by Crippen LogP contribution is -2.37. The van der Waals surface area contributed by atoms with E-state index in [1.807, 2.05) is 36.1 Å². The zero-order valence-corrected chi connectivity index (χ0v) is 17.7. The van der Waals surface area contributed by atoms with Crippen LogP contribution in [0, 0.1) is 6.92 Å². The van der Waals surface area contributed by atoms with Crippen molar-refractivity contribution in [2.45, 2.75) is 18.2 Å². The number of fused-ring (bicyclic) bond motifs is 1. The minimum atomic E-state index is -3.07. The Hall–Kier alpha value is -1.64. The number of nitrogens with zero attached hydrogens (tertiary/aromatic N) is 2. The van der Waals surface area contributed by atoms with Gasteiger partial charge in [0.2, 0.25) is 0 Å². The van der Waals surface area contributed by atoms with Crippen molar-refractivity contribution < 1.29 is 13.2 Å². The normalized spacial score (nSPS) is 25.0. The fourth-order valence-electron chi connectivity index (χ4n) is 3.39. The van der Waals surface area contributed by atoms with E-state index in [1.54, 1.807) is 24.3 Å². The van der Waals surface area contributed by atoms with Crippen molar-refractivity contribution in [1.82, 2.24) is 0 Å². The smallest absolute Gasteiger partial charge is 0.279 e. The first-order valence-corrected chi connectivity index (χ1v) is 11.9. The van der Waals surface area contributed by atoms with Gasteiger partial charge in [0.15, 0.2) is 15.0 Å². The summed E-state index contributed by atoms with van der Waals surface area (Å²) in [5.41, 5.74) is 2.44. The molecule has 2 aromatic rings. The first kappa shape index (κ1) is 18.7. The highest BCUT2D eigenvalue weighted by Crippen LogP contribution is 2.41. The monoisotopic (exact) mass is 464 g/mol. The van der Waals surface area contributed by atoms with Crippen LogP contribution in [0.3, 0.4) is 0 Å². The number of carbonyl (C=O) groups is 1. The molecule has 8 heteroatoms. The van der Waals surface area contributed by atoms with E-state index in [1.165, 1.54) is 11.8 Å². The van der Waals surface area contributed by atoms with Crippen LogP contribution in [0.15, 0.2) is 58.0 Å². The second-order valence-electron chi connectivity index (χ2n) is 6.72. The Balaban J connectivity index is 1.72. The molecule has 27 heavy (non-hydrogen) atoms. The maximum atomic E-state index is 12.6. The number of aryl methyl sites for hydroxylation is 1. The minimum Gasteiger partial charge on any atom is -0.316 e. The van der Waals surface area contributed by atoms with Gasteiger partial charge in [-0.2, -0.15) is 4.99 Å². The van der Waals surface area contributed by atoms with E-state index in [-0.39, 0.29) is 28.7 Å². The Morgan fingerprint density at radius 3 is 2.63 bits per heavy atom. The summed E-state index contributed by atoms with van der Waals surface area (Å²) < 4.78 is 25.1. The molecule has 0 unspecified atom stereocenters. The van der Waals surface area contributed by atoms with Crippen LogP contribution in [0.2, 0.25) is 0 Å². The average molecular weight is 465 g/mol. The van der Waals surface area contributed by atoms with Crippen molar-refractivity contribution >= 4 is 54.3 Å². The molecule has 2 aromatic carbocycles. The molecular formula is C19H17BrN2O3S2. The fraction of sp³-hybridized carbons (Fsp3) is 0.263. The molecule has 0 aliphatic carbocycles. The number of amidine groups is 1. The van der Waals surface area contributed by atoms with Crippen LogP contribution < -0.4 is 4.90 Å². The second-order valence-corrected chi connectivity index (χ2v) is 11.0. The van der Waals surface area contributed by atoms with Crippen LogP contribution in [-0.2, 0) is 9.84 Å². The topological polar surface area (TPSA) is 66.8 Å². The number of halogens is 1. The van der Waals surface area contributed by atoms with Gasteiger partial charge in [0.05, 0.1) is 17.5 Å². The zero-order chi connectivity index (χ0) is 19.2. The van der Waals surface area contributed by atoms with Crippen LogP contribution in [-0.4, -0.2) is 42.3 Å². The quantitative estimate of drug-likeness (QED) is 0.677. The Kier molecular flexibility index (Phi) is 4.90. The molecule has 4 rings (SSSR count). The number of rotatable bonds is 2. The van der Waals surface area contributed by atoms with Gasteiger partial charge in [-0.3, -0.25) is 4.79 Å². The van der Waals surface area contributed by atoms with E-state index >= 15 is 0 Å². The summed E-state index contributed by atoms with van der Waals surface area (Å²) >= 11 is 4.74. The van der Waals surface area contributed by atoms with Gasteiger partial charge in [0.25, 0.3) is 5.91 Å². The summed E-state index contributed by atoms with van der Waals surface area (Å²) in [5, 5.41) is 0.463. The molecule has 0 aromatic heterocycles. The summed E-state index contributed by atoms with van der Waals surface area (Å²) in [7, 11) is -3.07.